The predicted octanol–water partition coefficient (Wildman–Crippen LogP) is 3.80. The van der Waals surface area contributed by atoms with Crippen molar-refractivity contribution < 1.29 is 15.1 Å². The number of aromatic hydroxyl groups is 1. The number of ether oxygens (including phenoxy) is 1. The smallest absolute Gasteiger partial charge is 0.128 e. The van der Waals surface area contributed by atoms with Crippen molar-refractivity contribution >= 4 is 5.71 Å². The van der Waals surface area contributed by atoms with Crippen LogP contribution in [0.5, 0.6) is 11.5 Å². The van der Waals surface area contributed by atoms with E-state index in [1.54, 1.807) is 18.2 Å². The number of phenols is 1. The molecule has 0 aliphatic heterocycles. The Morgan fingerprint density at radius 2 is 1.90 bits per heavy atom. The molecule has 4 nitrogen and oxygen atoms in total. The van der Waals surface area contributed by atoms with E-state index in [4.69, 9.17) is 4.74 Å². The molecule has 2 aromatic rings. The second-order valence-corrected chi connectivity index (χ2v) is 4.70. The van der Waals surface area contributed by atoms with E-state index >= 15 is 0 Å². The number of nitrogens with zero attached hydrogens (tertiary/aromatic N) is 1. The fourth-order valence-corrected chi connectivity index (χ4v) is 2.00. The molecule has 0 saturated heterocycles. The first-order chi connectivity index (χ1) is 10.3. The lowest BCUT2D eigenvalue weighted by Crippen LogP contribution is -2.04. The van der Waals surface area contributed by atoms with Gasteiger partial charge in [0, 0.05) is 17.2 Å². The van der Waals surface area contributed by atoms with Crippen molar-refractivity contribution in [1.82, 2.24) is 0 Å². The lowest BCUT2D eigenvalue weighted by atomic mass is 10.0. The summed E-state index contributed by atoms with van der Waals surface area (Å²) in [6.07, 6.45) is 2.02. The molecule has 2 rings (SSSR count). The molecule has 110 valence electrons. The number of benzene rings is 2. The zero-order valence-electron chi connectivity index (χ0n) is 12.0. The van der Waals surface area contributed by atoms with Crippen LogP contribution in [0, 0.1) is 0 Å². The van der Waals surface area contributed by atoms with Gasteiger partial charge in [0.15, 0.2) is 0 Å². The minimum Gasteiger partial charge on any atom is -0.507 e. The van der Waals surface area contributed by atoms with Gasteiger partial charge in [-0.2, -0.15) is 0 Å². The van der Waals surface area contributed by atoms with E-state index in [-0.39, 0.29) is 5.75 Å². The first-order valence-electron chi connectivity index (χ1n) is 7.00. The van der Waals surface area contributed by atoms with Crippen LogP contribution in [-0.4, -0.2) is 22.6 Å². The molecule has 0 spiro atoms. The molecule has 0 amide bonds. The van der Waals surface area contributed by atoms with Gasteiger partial charge in [0.1, 0.15) is 17.2 Å². The predicted molar refractivity (Wildman–Crippen MR) is 82.4 cm³/mol. The number of unbranched alkanes of at least 4 members (excludes halogenated alkanes) is 1. The Kier molecular flexibility index (Phi) is 5.21. The molecule has 0 aromatic heterocycles. The van der Waals surface area contributed by atoms with Crippen LogP contribution in [0.3, 0.4) is 0 Å². The van der Waals surface area contributed by atoms with Gasteiger partial charge < -0.3 is 15.1 Å². The van der Waals surface area contributed by atoms with Gasteiger partial charge in [0.2, 0.25) is 0 Å². The van der Waals surface area contributed by atoms with E-state index in [0.29, 0.717) is 23.6 Å². The zero-order chi connectivity index (χ0) is 15.1. The average Bonchev–Trinajstić information content (AvgIpc) is 2.51. The van der Waals surface area contributed by atoms with E-state index < -0.39 is 0 Å². The van der Waals surface area contributed by atoms with Crippen molar-refractivity contribution in [2.24, 2.45) is 5.16 Å². The molecular formula is C17H19NO3. The molecule has 0 fully saturated rings. The minimum absolute atomic E-state index is 0.0284. The van der Waals surface area contributed by atoms with Crippen molar-refractivity contribution in [2.45, 2.75) is 19.8 Å². The van der Waals surface area contributed by atoms with Gasteiger partial charge in [0.25, 0.3) is 0 Å². The topological polar surface area (TPSA) is 62.0 Å². The summed E-state index contributed by atoms with van der Waals surface area (Å²) in [5.74, 6) is 0.635. The Balaban J connectivity index is 2.24. The van der Waals surface area contributed by atoms with Gasteiger partial charge in [-0.25, -0.2) is 0 Å². The molecule has 0 unspecified atom stereocenters. The Bertz CT molecular complexity index is 609. The highest BCUT2D eigenvalue weighted by molar-refractivity contribution is 6.14. The summed E-state index contributed by atoms with van der Waals surface area (Å²) in [6, 6.07) is 14.2. The van der Waals surface area contributed by atoms with Crippen molar-refractivity contribution in [1.29, 1.82) is 0 Å². The maximum absolute atomic E-state index is 10.1. The third-order valence-electron chi connectivity index (χ3n) is 3.14. The largest absolute Gasteiger partial charge is 0.507 e. The van der Waals surface area contributed by atoms with Gasteiger partial charge in [0.05, 0.1) is 6.61 Å². The monoisotopic (exact) mass is 285 g/mol. The Hall–Kier alpha value is -2.49. The molecule has 21 heavy (non-hydrogen) atoms. The van der Waals surface area contributed by atoms with E-state index in [2.05, 4.69) is 12.1 Å². The minimum atomic E-state index is 0.0284. The molecule has 0 bridgehead atoms. The van der Waals surface area contributed by atoms with Gasteiger partial charge in [-0.15, -0.1) is 0 Å². The molecule has 0 atom stereocenters. The number of rotatable bonds is 6. The summed E-state index contributed by atoms with van der Waals surface area (Å²) >= 11 is 0. The van der Waals surface area contributed by atoms with Crippen LogP contribution in [0.25, 0.3) is 0 Å². The van der Waals surface area contributed by atoms with Crippen LogP contribution in [-0.2, 0) is 0 Å². The van der Waals surface area contributed by atoms with Gasteiger partial charge in [-0.05, 0) is 18.6 Å². The highest BCUT2D eigenvalue weighted by Crippen LogP contribution is 2.26. The first kappa shape index (κ1) is 14.9. The van der Waals surface area contributed by atoms with Crippen molar-refractivity contribution in [3.63, 3.8) is 0 Å². The van der Waals surface area contributed by atoms with Crippen molar-refractivity contribution in [3.05, 3.63) is 59.7 Å². The van der Waals surface area contributed by atoms with Crippen LogP contribution in [0.15, 0.2) is 53.7 Å². The molecule has 0 radical (unpaired) electrons. The lowest BCUT2D eigenvalue weighted by molar-refractivity contribution is 0.307. The first-order valence-corrected chi connectivity index (χ1v) is 7.00. The Morgan fingerprint density at radius 1 is 1.14 bits per heavy atom. The maximum Gasteiger partial charge on any atom is 0.128 e. The van der Waals surface area contributed by atoms with E-state index in [0.717, 1.165) is 18.4 Å². The molecule has 2 N–H and O–H groups in total. The summed E-state index contributed by atoms with van der Waals surface area (Å²) in [6.45, 7) is 2.71. The molecule has 0 saturated carbocycles. The van der Waals surface area contributed by atoms with Crippen molar-refractivity contribution in [2.75, 3.05) is 6.61 Å². The number of oxime groups is 1. The summed E-state index contributed by atoms with van der Waals surface area (Å²) in [4.78, 5) is 0. The normalized spacial score (nSPS) is 11.4. The molecule has 4 heteroatoms. The average molecular weight is 285 g/mol. The Morgan fingerprint density at radius 3 is 2.52 bits per heavy atom. The quantitative estimate of drug-likeness (QED) is 0.367. The van der Waals surface area contributed by atoms with Gasteiger partial charge in [-0.1, -0.05) is 48.8 Å². The number of hydrogen-bond acceptors (Lipinski definition) is 4. The standard InChI is InChI=1S/C17H19NO3/c1-2-3-11-21-14-9-10-15(16(19)12-14)17(18-20)13-7-5-4-6-8-13/h4-10,12,19-20H,2-3,11H2,1H3. The third-order valence-corrected chi connectivity index (χ3v) is 3.14. The highest BCUT2D eigenvalue weighted by atomic mass is 16.5. The summed E-state index contributed by atoms with van der Waals surface area (Å²) < 4.78 is 5.54. The van der Waals surface area contributed by atoms with E-state index in [9.17, 15) is 10.3 Å². The number of phenolic OH excluding ortho intramolecular Hbond substituents is 1. The van der Waals surface area contributed by atoms with Crippen LogP contribution >= 0.6 is 0 Å². The molecular weight excluding hydrogens is 266 g/mol. The summed E-state index contributed by atoms with van der Waals surface area (Å²) in [7, 11) is 0. The van der Waals surface area contributed by atoms with Crippen LogP contribution < -0.4 is 4.74 Å². The van der Waals surface area contributed by atoms with Crippen LogP contribution in [0.2, 0.25) is 0 Å². The fourth-order valence-electron chi connectivity index (χ4n) is 2.00. The summed E-state index contributed by atoms with van der Waals surface area (Å²) in [5, 5.41) is 22.7. The van der Waals surface area contributed by atoms with Crippen LogP contribution in [0.1, 0.15) is 30.9 Å². The van der Waals surface area contributed by atoms with Gasteiger partial charge in [-0.3, -0.25) is 0 Å². The molecule has 0 aliphatic carbocycles. The van der Waals surface area contributed by atoms with E-state index in [1.165, 1.54) is 0 Å². The fraction of sp³-hybridized carbons (Fsp3) is 0.235. The second-order valence-electron chi connectivity index (χ2n) is 4.70. The SMILES string of the molecule is CCCCOc1ccc(C(=NO)c2ccccc2)c(O)c1. The highest BCUT2D eigenvalue weighted by Gasteiger charge is 2.13. The third kappa shape index (κ3) is 3.75. The number of hydrogen-bond donors (Lipinski definition) is 2. The molecule has 2 aromatic carbocycles. The maximum atomic E-state index is 10.1. The molecule has 0 heterocycles. The zero-order valence-corrected chi connectivity index (χ0v) is 12.0. The Labute approximate surface area is 124 Å². The lowest BCUT2D eigenvalue weighted by Gasteiger charge is -2.10. The van der Waals surface area contributed by atoms with E-state index in [1.807, 2.05) is 30.3 Å². The summed E-state index contributed by atoms with van der Waals surface area (Å²) in [5.41, 5.74) is 1.52. The van der Waals surface area contributed by atoms with Gasteiger partial charge >= 0.3 is 0 Å². The van der Waals surface area contributed by atoms with Crippen LogP contribution in [0.4, 0.5) is 0 Å². The van der Waals surface area contributed by atoms with Crippen molar-refractivity contribution in [3.8, 4) is 11.5 Å². The second kappa shape index (κ2) is 7.33. The molecule has 0 aliphatic rings.